The van der Waals surface area contributed by atoms with E-state index in [1.54, 1.807) is 0 Å². The summed E-state index contributed by atoms with van der Waals surface area (Å²) in [6.07, 6.45) is 1.72. The standard InChI is InChI=1S/C18H21NO/c1-14-5-11-18(12-6-14)19-15(2)17-9-7-16(8-10-17)4-3-13-20/h5-12,19-20H,2-4,13H2,1H3. The fourth-order valence-electron chi connectivity index (χ4n) is 2.04. The molecule has 2 aromatic rings. The number of aryl methyl sites for hydroxylation is 2. The first-order chi connectivity index (χ1) is 9.69. The maximum Gasteiger partial charge on any atom is 0.0434 e. The summed E-state index contributed by atoms with van der Waals surface area (Å²) >= 11 is 0. The highest BCUT2D eigenvalue weighted by atomic mass is 16.2. The third kappa shape index (κ3) is 3.97. The summed E-state index contributed by atoms with van der Waals surface area (Å²) in [6, 6.07) is 16.6. The minimum Gasteiger partial charge on any atom is -0.396 e. The molecular formula is C18H21NO. The zero-order valence-corrected chi connectivity index (χ0v) is 11.9. The van der Waals surface area contributed by atoms with E-state index in [1.165, 1.54) is 11.1 Å². The first-order valence-corrected chi connectivity index (χ1v) is 6.92. The lowest BCUT2D eigenvalue weighted by Gasteiger charge is -2.11. The molecule has 0 aliphatic rings. The molecule has 0 heterocycles. The molecule has 0 aliphatic carbocycles. The van der Waals surface area contributed by atoms with E-state index in [0.717, 1.165) is 29.8 Å². The molecule has 2 heteroatoms. The molecule has 0 aliphatic heterocycles. The van der Waals surface area contributed by atoms with E-state index in [1.807, 2.05) is 0 Å². The van der Waals surface area contributed by atoms with Gasteiger partial charge in [-0.05, 0) is 43.0 Å². The molecule has 0 saturated carbocycles. The molecule has 0 spiro atoms. The fraction of sp³-hybridized carbons (Fsp3) is 0.222. The molecule has 2 aromatic carbocycles. The summed E-state index contributed by atoms with van der Waals surface area (Å²) < 4.78 is 0. The average Bonchev–Trinajstić information content (AvgIpc) is 2.48. The molecule has 0 aromatic heterocycles. The number of hydrogen-bond donors (Lipinski definition) is 2. The molecule has 0 atom stereocenters. The van der Waals surface area contributed by atoms with Crippen LogP contribution in [-0.4, -0.2) is 11.7 Å². The number of aliphatic hydroxyl groups is 1. The summed E-state index contributed by atoms with van der Waals surface area (Å²) in [5, 5.41) is 12.1. The minimum atomic E-state index is 0.240. The highest BCUT2D eigenvalue weighted by Crippen LogP contribution is 2.18. The van der Waals surface area contributed by atoms with Gasteiger partial charge in [0.05, 0.1) is 0 Å². The van der Waals surface area contributed by atoms with E-state index in [-0.39, 0.29) is 6.61 Å². The summed E-state index contributed by atoms with van der Waals surface area (Å²) in [5.74, 6) is 0. The Bertz CT molecular complexity index is 555. The second kappa shape index (κ2) is 6.92. The topological polar surface area (TPSA) is 32.3 Å². The average molecular weight is 267 g/mol. The molecule has 0 radical (unpaired) electrons. The van der Waals surface area contributed by atoms with Crippen LogP contribution in [0, 0.1) is 6.92 Å². The minimum absolute atomic E-state index is 0.240. The van der Waals surface area contributed by atoms with Gasteiger partial charge in [-0.25, -0.2) is 0 Å². The van der Waals surface area contributed by atoms with Gasteiger partial charge in [-0.1, -0.05) is 48.5 Å². The fourth-order valence-corrected chi connectivity index (χ4v) is 2.04. The highest BCUT2D eigenvalue weighted by molar-refractivity contribution is 5.75. The maximum atomic E-state index is 8.83. The van der Waals surface area contributed by atoms with Crippen LogP contribution in [-0.2, 0) is 6.42 Å². The van der Waals surface area contributed by atoms with E-state index in [9.17, 15) is 0 Å². The molecule has 0 bridgehead atoms. The monoisotopic (exact) mass is 267 g/mol. The lowest BCUT2D eigenvalue weighted by atomic mass is 10.1. The summed E-state index contributed by atoms with van der Waals surface area (Å²) in [7, 11) is 0. The van der Waals surface area contributed by atoms with Crippen LogP contribution in [0.3, 0.4) is 0 Å². The van der Waals surface area contributed by atoms with Crippen LogP contribution in [0.4, 0.5) is 5.69 Å². The first-order valence-electron chi connectivity index (χ1n) is 6.92. The van der Waals surface area contributed by atoms with Crippen LogP contribution in [0.15, 0.2) is 55.1 Å². The normalized spacial score (nSPS) is 10.3. The smallest absolute Gasteiger partial charge is 0.0434 e. The van der Waals surface area contributed by atoms with E-state index in [4.69, 9.17) is 5.11 Å². The molecule has 0 amide bonds. The lowest BCUT2D eigenvalue weighted by molar-refractivity contribution is 0.288. The van der Waals surface area contributed by atoms with Crippen molar-refractivity contribution in [3.8, 4) is 0 Å². The molecule has 20 heavy (non-hydrogen) atoms. The van der Waals surface area contributed by atoms with Crippen molar-refractivity contribution in [2.75, 3.05) is 11.9 Å². The number of hydrogen-bond acceptors (Lipinski definition) is 2. The van der Waals surface area contributed by atoms with Gasteiger partial charge in [-0.3, -0.25) is 0 Å². The SMILES string of the molecule is C=C(Nc1ccc(C)cc1)c1ccc(CCCO)cc1. The van der Waals surface area contributed by atoms with Crippen LogP contribution in [0.2, 0.25) is 0 Å². The molecular weight excluding hydrogens is 246 g/mol. The van der Waals surface area contributed by atoms with Crippen molar-refractivity contribution in [3.05, 3.63) is 71.8 Å². The van der Waals surface area contributed by atoms with Crippen molar-refractivity contribution in [2.45, 2.75) is 19.8 Å². The number of anilines is 1. The van der Waals surface area contributed by atoms with Crippen LogP contribution in [0.5, 0.6) is 0 Å². The van der Waals surface area contributed by atoms with Crippen LogP contribution < -0.4 is 5.32 Å². The predicted octanol–water partition coefficient (Wildman–Crippen LogP) is 4.00. The van der Waals surface area contributed by atoms with Crippen LogP contribution in [0.25, 0.3) is 5.70 Å². The van der Waals surface area contributed by atoms with E-state index in [0.29, 0.717) is 0 Å². The Kier molecular flexibility index (Phi) is 4.97. The molecule has 0 fully saturated rings. The Morgan fingerprint density at radius 2 is 1.70 bits per heavy atom. The quantitative estimate of drug-likeness (QED) is 0.829. The second-order valence-corrected chi connectivity index (χ2v) is 4.99. The van der Waals surface area contributed by atoms with Gasteiger partial charge >= 0.3 is 0 Å². The molecule has 0 saturated heterocycles. The number of benzene rings is 2. The van der Waals surface area contributed by atoms with E-state index in [2.05, 4.69) is 67.4 Å². The van der Waals surface area contributed by atoms with Crippen LogP contribution >= 0.6 is 0 Å². The zero-order chi connectivity index (χ0) is 14.4. The van der Waals surface area contributed by atoms with Gasteiger partial charge < -0.3 is 10.4 Å². The number of nitrogens with one attached hydrogen (secondary N) is 1. The number of aliphatic hydroxyl groups excluding tert-OH is 1. The second-order valence-electron chi connectivity index (χ2n) is 4.99. The van der Waals surface area contributed by atoms with Crippen molar-refractivity contribution in [3.63, 3.8) is 0 Å². The van der Waals surface area contributed by atoms with Crippen molar-refractivity contribution >= 4 is 11.4 Å². The van der Waals surface area contributed by atoms with E-state index < -0.39 is 0 Å². The Labute approximate surface area is 120 Å². The summed E-state index contributed by atoms with van der Waals surface area (Å²) in [5.41, 5.74) is 5.51. The van der Waals surface area contributed by atoms with Gasteiger partial charge in [0.1, 0.15) is 0 Å². The largest absolute Gasteiger partial charge is 0.396 e. The number of rotatable bonds is 6. The Balaban J connectivity index is 2.00. The van der Waals surface area contributed by atoms with Gasteiger partial charge in [0.25, 0.3) is 0 Å². The molecule has 2 N–H and O–H groups in total. The van der Waals surface area contributed by atoms with Gasteiger partial charge in [0.15, 0.2) is 0 Å². The van der Waals surface area contributed by atoms with Crippen molar-refractivity contribution in [1.29, 1.82) is 0 Å². The Morgan fingerprint density at radius 3 is 2.30 bits per heavy atom. The van der Waals surface area contributed by atoms with Gasteiger partial charge in [-0.15, -0.1) is 0 Å². The van der Waals surface area contributed by atoms with Gasteiger partial charge in [-0.2, -0.15) is 0 Å². The Morgan fingerprint density at radius 1 is 1.05 bits per heavy atom. The third-order valence-electron chi connectivity index (χ3n) is 3.27. The maximum absolute atomic E-state index is 8.83. The highest BCUT2D eigenvalue weighted by Gasteiger charge is 2.00. The van der Waals surface area contributed by atoms with Crippen molar-refractivity contribution in [2.24, 2.45) is 0 Å². The Hall–Kier alpha value is -2.06. The molecule has 104 valence electrons. The molecule has 2 nitrogen and oxygen atoms in total. The first kappa shape index (κ1) is 14.4. The van der Waals surface area contributed by atoms with Gasteiger partial charge in [0.2, 0.25) is 0 Å². The molecule has 0 unspecified atom stereocenters. The predicted molar refractivity (Wildman–Crippen MR) is 85.7 cm³/mol. The third-order valence-corrected chi connectivity index (χ3v) is 3.27. The summed E-state index contributed by atoms with van der Waals surface area (Å²) in [6.45, 7) is 6.40. The zero-order valence-electron chi connectivity index (χ0n) is 11.9. The van der Waals surface area contributed by atoms with Gasteiger partial charge in [0, 0.05) is 18.0 Å². The molecule has 2 rings (SSSR count). The van der Waals surface area contributed by atoms with Crippen molar-refractivity contribution in [1.82, 2.24) is 0 Å². The van der Waals surface area contributed by atoms with E-state index >= 15 is 0 Å². The van der Waals surface area contributed by atoms with Crippen molar-refractivity contribution < 1.29 is 5.11 Å². The lowest BCUT2D eigenvalue weighted by Crippen LogP contribution is -1.98. The van der Waals surface area contributed by atoms with Crippen LogP contribution in [0.1, 0.15) is 23.1 Å². The summed E-state index contributed by atoms with van der Waals surface area (Å²) in [4.78, 5) is 0.